The van der Waals surface area contributed by atoms with Crippen LogP contribution in [0.3, 0.4) is 0 Å². The summed E-state index contributed by atoms with van der Waals surface area (Å²) in [5, 5.41) is 3.20. The highest BCUT2D eigenvalue weighted by Gasteiger charge is 2.24. The third-order valence-electron chi connectivity index (χ3n) is 5.93. The van der Waals surface area contributed by atoms with Crippen molar-refractivity contribution in [2.24, 2.45) is 0 Å². The number of carbonyl (C=O) groups is 1. The fourth-order valence-corrected chi connectivity index (χ4v) is 4.87. The van der Waals surface area contributed by atoms with E-state index in [1.54, 1.807) is 0 Å². The van der Waals surface area contributed by atoms with E-state index in [-0.39, 0.29) is 5.91 Å². The van der Waals surface area contributed by atoms with E-state index < -0.39 is 0 Å². The number of benzene rings is 1. The lowest BCUT2D eigenvalue weighted by molar-refractivity contribution is -0.129. The normalized spacial score (nSPS) is 20.6. The molecule has 27 heavy (non-hydrogen) atoms. The SMILES string of the molecule is CCCN(CCCCN1CCCNCC1=O)C1CCc2ccc(Br)cc2C1. The first kappa shape index (κ1) is 20.8. The lowest BCUT2D eigenvalue weighted by Gasteiger charge is -2.35. The van der Waals surface area contributed by atoms with Crippen molar-refractivity contribution in [1.29, 1.82) is 0 Å². The molecule has 1 heterocycles. The standard InChI is InChI=1S/C22H34BrN3O/c1-2-11-25(12-3-4-13-26-14-5-10-24-17-22(26)27)21-9-7-18-6-8-20(23)15-19(18)16-21/h6,8,15,21,24H,2-5,7,9-14,16-17H2,1H3. The zero-order chi connectivity index (χ0) is 19.1. The maximum atomic E-state index is 12.1. The van der Waals surface area contributed by atoms with Crippen LogP contribution in [0.15, 0.2) is 22.7 Å². The molecule has 1 fully saturated rings. The topological polar surface area (TPSA) is 35.6 Å². The number of unbranched alkanes of at least 4 members (excludes halogenated alkanes) is 1. The minimum atomic E-state index is 0.271. The van der Waals surface area contributed by atoms with Crippen molar-refractivity contribution in [2.75, 3.05) is 39.3 Å². The van der Waals surface area contributed by atoms with Crippen LogP contribution in [0.4, 0.5) is 0 Å². The van der Waals surface area contributed by atoms with Crippen LogP contribution in [-0.4, -0.2) is 61.0 Å². The van der Waals surface area contributed by atoms with Crippen molar-refractivity contribution >= 4 is 21.8 Å². The van der Waals surface area contributed by atoms with Crippen LogP contribution in [-0.2, 0) is 17.6 Å². The van der Waals surface area contributed by atoms with Gasteiger partial charge in [0.15, 0.2) is 0 Å². The number of nitrogens with one attached hydrogen (secondary N) is 1. The monoisotopic (exact) mass is 435 g/mol. The van der Waals surface area contributed by atoms with Crippen molar-refractivity contribution in [3.05, 3.63) is 33.8 Å². The zero-order valence-corrected chi connectivity index (χ0v) is 18.3. The number of halogens is 1. The van der Waals surface area contributed by atoms with Crippen LogP contribution < -0.4 is 5.32 Å². The number of amides is 1. The molecule has 4 nitrogen and oxygen atoms in total. The van der Waals surface area contributed by atoms with Gasteiger partial charge in [-0.2, -0.15) is 0 Å². The molecule has 5 heteroatoms. The fraction of sp³-hybridized carbons (Fsp3) is 0.682. The first-order chi connectivity index (χ1) is 13.2. The molecular weight excluding hydrogens is 402 g/mol. The van der Waals surface area contributed by atoms with Crippen LogP contribution in [0.1, 0.15) is 50.2 Å². The molecule has 0 radical (unpaired) electrons. The average Bonchev–Trinajstić information content (AvgIpc) is 2.88. The van der Waals surface area contributed by atoms with Crippen molar-refractivity contribution < 1.29 is 4.79 Å². The van der Waals surface area contributed by atoms with E-state index >= 15 is 0 Å². The Morgan fingerprint density at radius 3 is 3.00 bits per heavy atom. The van der Waals surface area contributed by atoms with Gasteiger partial charge in [0, 0.05) is 23.6 Å². The molecule has 150 valence electrons. The molecule has 3 rings (SSSR count). The largest absolute Gasteiger partial charge is 0.342 e. The highest BCUT2D eigenvalue weighted by molar-refractivity contribution is 9.10. The van der Waals surface area contributed by atoms with Gasteiger partial charge in [-0.15, -0.1) is 0 Å². The van der Waals surface area contributed by atoms with Gasteiger partial charge in [0.1, 0.15) is 0 Å². The molecule has 0 spiro atoms. The molecule has 1 N–H and O–H groups in total. The van der Waals surface area contributed by atoms with Crippen LogP contribution in [0.25, 0.3) is 0 Å². The molecule has 0 aromatic heterocycles. The van der Waals surface area contributed by atoms with E-state index in [0.717, 1.165) is 39.0 Å². The number of nitrogens with zero attached hydrogens (tertiary/aromatic N) is 2. The van der Waals surface area contributed by atoms with E-state index in [0.29, 0.717) is 12.6 Å². The Hall–Kier alpha value is -0.910. The summed E-state index contributed by atoms with van der Waals surface area (Å²) in [6.45, 7) is 7.93. The Balaban J connectivity index is 1.48. The molecular formula is C22H34BrN3O. The Kier molecular flexibility index (Phi) is 8.16. The first-order valence-electron chi connectivity index (χ1n) is 10.7. The minimum Gasteiger partial charge on any atom is -0.342 e. The Morgan fingerprint density at radius 2 is 2.15 bits per heavy atom. The number of aryl methyl sites for hydroxylation is 1. The number of carbonyl (C=O) groups excluding carboxylic acids is 1. The van der Waals surface area contributed by atoms with Gasteiger partial charge in [-0.25, -0.2) is 0 Å². The van der Waals surface area contributed by atoms with Gasteiger partial charge < -0.3 is 15.1 Å². The van der Waals surface area contributed by atoms with Crippen LogP contribution in [0.2, 0.25) is 0 Å². The second kappa shape index (κ2) is 10.6. The van der Waals surface area contributed by atoms with Crippen LogP contribution >= 0.6 is 15.9 Å². The summed E-state index contributed by atoms with van der Waals surface area (Å²) in [5.74, 6) is 0.271. The molecule has 1 amide bonds. The van der Waals surface area contributed by atoms with E-state index in [1.165, 1.54) is 54.2 Å². The highest BCUT2D eigenvalue weighted by Crippen LogP contribution is 2.27. The molecule has 1 atom stereocenters. The van der Waals surface area contributed by atoms with Crippen molar-refractivity contribution in [1.82, 2.24) is 15.1 Å². The summed E-state index contributed by atoms with van der Waals surface area (Å²) in [7, 11) is 0. The minimum absolute atomic E-state index is 0.271. The zero-order valence-electron chi connectivity index (χ0n) is 16.7. The quantitative estimate of drug-likeness (QED) is 0.633. The lowest BCUT2D eigenvalue weighted by Crippen LogP contribution is -2.41. The Bertz CT molecular complexity index is 622. The van der Waals surface area contributed by atoms with Crippen molar-refractivity contribution in [3.63, 3.8) is 0 Å². The predicted octanol–water partition coefficient (Wildman–Crippen LogP) is 3.62. The van der Waals surface area contributed by atoms with Gasteiger partial charge in [0.25, 0.3) is 0 Å². The maximum Gasteiger partial charge on any atom is 0.236 e. The van der Waals surface area contributed by atoms with Gasteiger partial charge in [0.2, 0.25) is 5.91 Å². The molecule has 1 unspecified atom stereocenters. The molecule has 0 saturated carbocycles. The van der Waals surface area contributed by atoms with E-state index in [9.17, 15) is 4.79 Å². The Morgan fingerprint density at radius 1 is 1.26 bits per heavy atom. The van der Waals surface area contributed by atoms with E-state index in [1.807, 2.05) is 0 Å². The van der Waals surface area contributed by atoms with Crippen molar-refractivity contribution in [2.45, 2.75) is 57.9 Å². The van der Waals surface area contributed by atoms with Crippen LogP contribution in [0, 0.1) is 0 Å². The molecule has 0 bridgehead atoms. The number of rotatable bonds is 8. The average molecular weight is 436 g/mol. The number of hydrogen-bond donors (Lipinski definition) is 1. The lowest BCUT2D eigenvalue weighted by atomic mass is 9.87. The molecule has 1 aliphatic carbocycles. The summed E-state index contributed by atoms with van der Waals surface area (Å²) in [6, 6.07) is 7.43. The van der Waals surface area contributed by atoms with E-state index in [4.69, 9.17) is 0 Å². The third kappa shape index (κ3) is 6.03. The summed E-state index contributed by atoms with van der Waals surface area (Å²) in [4.78, 5) is 16.8. The molecule has 2 aliphatic rings. The molecule has 1 aromatic carbocycles. The van der Waals surface area contributed by atoms with Gasteiger partial charge >= 0.3 is 0 Å². The predicted molar refractivity (Wildman–Crippen MR) is 115 cm³/mol. The molecule has 1 saturated heterocycles. The summed E-state index contributed by atoms with van der Waals surface area (Å²) < 4.78 is 1.19. The summed E-state index contributed by atoms with van der Waals surface area (Å²) in [6.07, 6.45) is 8.21. The third-order valence-corrected chi connectivity index (χ3v) is 6.43. The number of fused-ring (bicyclic) bond motifs is 1. The smallest absolute Gasteiger partial charge is 0.236 e. The van der Waals surface area contributed by atoms with Gasteiger partial charge in [0.05, 0.1) is 6.54 Å². The summed E-state index contributed by atoms with van der Waals surface area (Å²) in [5.41, 5.74) is 3.04. The maximum absolute atomic E-state index is 12.1. The summed E-state index contributed by atoms with van der Waals surface area (Å²) >= 11 is 3.63. The second-order valence-electron chi connectivity index (χ2n) is 7.96. The van der Waals surface area contributed by atoms with Crippen molar-refractivity contribution in [3.8, 4) is 0 Å². The first-order valence-corrected chi connectivity index (χ1v) is 11.5. The van der Waals surface area contributed by atoms with Gasteiger partial charge in [-0.3, -0.25) is 4.79 Å². The van der Waals surface area contributed by atoms with Gasteiger partial charge in [-0.1, -0.05) is 28.9 Å². The fourth-order valence-electron chi connectivity index (χ4n) is 4.46. The van der Waals surface area contributed by atoms with Crippen LogP contribution in [0.5, 0.6) is 0 Å². The molecule has 1 aliphatic heterocycles. The highest BCUT2D eigenvalue weighted by atomic mass is 79.9. The van der Waals surface area contributed by atoms with E-state index in [2.05, 4.69) is 56.2 Å². The second-order valence-corrected chi connectivity index (χ2v) is 8.88. The molecule has 1 aromatic rings. The Labute approximate surface area is 172 Å². The number of hydrogen-bond acceptors (Lipinski definition) is 3. The van der Waals surface area contributed by atoms with Gasteiger partial charge in [-0.05, 0) is 87.8 Å².